The number of hydrogen-bond donors (Lipinski definition) is 1. The van der Waals surface area contributed by atoms with Crippen molar-refractivity contribution in [1.82, 2.24) is 5.32 Å². The molecular formula is C11H13NO3. The van der Waals surface area contributed by atoms with E-state index >= 15 is 0 Å². The normalized spacial score (nSPS) is 24.7. The van der Waals surface area contributed by atoms with E-state index < -0.39 is 11.6 Å². The van der Waals surface area contributed by atoms with E-state index in [1.807, 2.05) is 30.3 Å². The first-order valence-corrected chi connectivity index (χ1v) is 4.76. The largest absolute Gasteiger partial charge is 0.447 e. The molecule has 4 heteroatoms. The van der Waals surface area contributed by atoms with Crippen LogP contribution in [-0.2, 0) is 15.0 Å². The first-order valence-electron chi connectivity index (χ1n) is 4.76. The fourth-order valence-electron chi connectivity index (χ4n) is 1.78. The summed E-state index contributed by atoms with van der Waals surface area (Å²) in [6.45, 7) is 0.715. The molecule has 1 N–H and O–H groups in total. The summed E-state index contributed by atoms with van der Waals surface area (Å²) in [5.41, 5.74) is 0.463. The molecular weight excluding hydrogens is 194 g/mol. The van der Waals surface area contributed by atoms with Crippen LogP contribution >= 0.6 is 0 Å². The van der Waals surface area contributed by atoms with Crippen molar-refractivity contribution >= 4 is 6.09 Å². The number of carbonyl (C=O) groups is 1. The second kappa shape index (κ2) is 3.90. The maximum atomic E-state index is 11.1. The van der Waals surface area contributed by atoms with Crippen molar-refractivity contribution in [3.05, 3.63) is 35.9 Å². The molecule has 1 saturated heterocycles. The molecule has 0 spiro atoms. The second-order valence-electron chi connectivity index (χ2n) is 3.58. The van der Waals surface area contributed by atoms with Crippen molar-refractivity contribution in [1.29, 1.82) is 0 Å². The lowest BCUT2D eigenvalue weighted by molar-refractivity contribution is 0.106. The molecule has 1 aliphatic heterocycles. The summed E-state index contributed by atoms with van der Waals surface area (Å²) >= 11 is 0. The van der Waals surface area contributed by atoms with Crippen molar-refractivity contribution in [2.45, 2.75) is 5.54 Å². The van der Waals surface area contributed by atoms with E-state index in [9.17, 15) is 4.79 Å². The highest BCUT2D eigenvalue weighted by Gasteiger charge is 2.41. The minimum absolute atomic E-state index is 0.309. The van der Waals surface area contributed by atoms with Crippen LogP contribution in [0.25, 0.3) is 0 Å². The van der Waals surface area contributed by atoms with Gasteiger partial charge in [-0.05, 0) is 5.56 Å². The summed E-state index contributed by atoms with van der Waals surface area (Å²) in [6, 6.07) is 9.69. The number of methoxy groups -OCH3 is 1. The molecule has 1 aliphatic rings. The third-order valence-corrected chi connectivity index (χ3v) is 2.51. The Bertz CT molecular complexity index is 352. The minimum Gasteiger partial charge on any atom is -0.447 e. The Morgan fingerprint density at radius 3 is 2.73 bits per heavy atom. The Kier molecular flexibility index (Phi) is 2.60. The zero-order valence-electron chi connectivity index (χ0n) is 8.53. The lowest BCUT2D eigenvalue weighted by atomic mass is 9.92. The molecule has 4 nitrogen and oxygen atoms in total. The van der Waals surface area contributed by atoms with Gasteiger partial charge in [-0.2, -0.15) is 0 Å². The molecule has 1 aromatic carbocycles. The topological polar surface area (TPSA) is 47.6 Å². The average molecular weight is 207 g/mol. The van der Waals surface area contributed by atoms with Gasteiger partial charge < -0.3 is 14.8 Å². The van der Waals surface area contributed by atoms with Crippen molar-refractivity contribution in [2.24, 2.45) is 0 Å². The molecule has 15 heavy (non-hydrogen) atoms. The summed E-state index contributed by atoms with van der Waals surface area (Å²) in [6.07, 6.45) is -0.393. The van der Waals surface area contributed by atoms with Crippen LogP contribution < -0.4 is 5.32 Å². The minimum atomic E-state index is -0.535. The van der Waals surface area contributed by atoms with Crippen LogP contribution in [-0.4, -0.2) is 26.4 Å². The average Bonchev–Trinajstić information content (AvgIpc) is 2.63. The van der Waals surface area contributed by atoms with Crippen LogP contribution in [0.15, 0.2) is 30.3 Å². The van der Waals surface area contributed by atoms with E-state index in [4.69, 9.17) is 9.47 Å². The van der Waals surface area contributed by atoms with Crippen molar-refractivity contribution in [3.63, 3.8) is 0 Å². The van der Waals surface area contributed by atoms with Gasteiger partial charge in [0.1, 0.15) is 12.1 Å². The zero-order valence-corrected chi connectivity index (χ0v) is 8.53. The summed E-state index contributed by atoms with van der Waals surface area (Å²) in [5, 5.41) is 2.80. The predicted molar refractivity (Wildman–Crippen MR) is 54.5 cm³/mol. The number of amides is 1. The quantitative estimate of drug-likeness (QED) is 0.811. The Hall–Kier alpha value is -1.55. The number of benzene rings is 1. The fourth-order valence-corrected chi connectivity index (χ4v) is 1.78. The van der Waals surface area contributed by atoms with E-state index in [0.717, 1.165) is 5.56 Å². The molecule has 1 fully saturated rings. The third kappa shape index (κ3) is 1.80. The van der Waals surface area contributed by atoms with Gasteiger partial charge in [0, 0.05) is 7.11 Å². The number of carbonyl (C=O) groups excluding carboxylic acids is 1. The van der Waals surface area contributed by atoms with Gasteiger partial charge in [0.05, 0.1) is 6.61 Å². The number of ether oxygens (including phenoxy) is 2. The molecule has 1 atom stereocenters. The van der Waals surface area contributed by atoms with E-state index in [0.29, 0.717) is 13.2 Å². The van der Waals surface area contributed by atoms with Gasteiger partial charge in [-0.3, -0.25) is 0 Å². The van der Waals surface area contributed by atoms with Crippen molar-refractivity contribution in [2.75, 3.05) is 20.3 Å². The number of alkyl carbamates (subject to hydrolysis) is 1. The molecule has 80 valence electrons. The monoisotopic (exact) mass is 207 g/mol. The fraction of sp³-hybridized carbons (Fsp3) is 0.364. The molecule has 0 bridgehead atoms. The van der Waals surface area contributed by atoms with Crippen molar-refractivity contribution in [3.8, 4) is 0 Å². The number of nitrogens with one attached hydrogen (secondary N) is 1. The summed E-state index contributed by atoms with van der Waals surface area (Å²) < 4.78 is 10.1. The van der Waals surface area contributed by atoms with Gasteiger partial charge in [0.2, 0.25) is 0 Å². The molecule has 1 heterocycles. The molecule has 0 aliphatic carbocycles. The molecule has 1 aromatic rings. The van der Waals surface area contributed by atoms with Gasteiger partial charge in [0.25, 0.3) is 0 Å². The maximum absolute atomic E-state index is 11.1. The van der Waals surface area contributed by atoms with Crippen LogP contribution in [0.4, 0.5) is 4.79 Å². The first kappa shape index (κ1) is 9.98. The zero-order chi connectivity index (χ0) is 10.7. The van der Waals surface area contributed by atoms with E-state index in [-0.39, 0.29) is 0 Å². The number of rotatable bonds is 3. The van der Waals surface area contributed by atoms with Gasteiger partial charge in [0.15, 0.2) is 0 Å². The Morgan fingerprint density at radius 1 is 1.47 bits per heavy atom. The van der Waals surface area contributed by atoms with Gasteiger partial charge in [-0.25, -0.2) is 4.79 Å². The van der Waals surface area contributed by atoms with Gasteiger partial charge in [-0.1, -0.05) is 30.3 Å². The predicted octanol–water partition coefficient (Wildman–Crippen LogP) is 1.27. The Morgan fingerprint density at radius 2 is 2.20 bits per heavy atom. The Balaban J connectivity index is 2.31. The lowest BCUT2D eigenvalue weighted by Crippen LogP contribution is -2.44. The highest BCUT2D eigenvalue weighted by atomic mass is 16.6. The summed E-state index contributed by atoms with van der Waals surface area (Å²) in [7, 11) is 1.61. The van der Waals surface area contributed by atoms with E-state index in [1.165, 1.54) is 0 Å². The van der Waals surface area contributed by atoms with Crippen LogP contribution in [0.3, 0.4) is 0 Å². The number of hydrogen-bond acceptors (Lipinski definition) is 3. The van der Waals surface area contributed by atoms with Crippen LogP contribution in [0.5, 0.6) is 0 Å². The molecule has 1 amide bonds. The maximum Gasteiger partial charge on any atom is 0.408 e. The van der Waals surface area contributed by atoms with Gasteiger partial charge >= 0.3 is 6.09 Å². The first-order chi connectivity index (χ1) is 7.27. The SMILES string of the molecule is COCC1(c2ccccc2)COC(=O)N1. The molecule has 2 rings (SSSR count). The highest BCUT2D eigenvalue weighted by Crippen LogP contribution is 2.26. The third-order valence-electron chi connectivity index (χ3n) is 2.51. The van der Waals surface area contributed by atoms with E-state index in [1.54, 1.807) is 7.11 Å². The molecule has 0 saturated carbocycles. The Labute approximate surface area is 88.2 Å². The van der Waals surface area contributed by atoms with Crippen LogP contribution in [0.1, 0.15) is 5.56 Å². The smallest absolute Gasteiger partial charge is 0.408 e. The molecule has 1 unspecified atom stereocenters. The van der Waals surface area contributed by atoms with Crippen LogP contribution in [0.2, 0.25) is 0 Å². The number of cyclic esters (lactones) is 1. The summed E-state index contributed by atoms with van der Waals surface area (Å²) in [5.74, 6) is 0. The van der Waals surface area contributed by atoms with Crippen molar-refractivity contribution < 1.29 is 14.3 Å². The van der Waals surface area contributed by atoms with Crippen LogP contribution in [0, 0.1) is 0 Å². The summed E-state index contributed by atoms with van der Waals surface area (Å²) in [4.78, 5) is 11.1. The highest BCUT2D eigenvalue weighted by molar-refractivity contribution is 5.71. The molecule has 0 radical (unpaired) electrons. The lowest BCUT2D eigenvalue weighted by Gasteiger charge is -2.25. The van der Waals surface area contributed by atoms with E-state index in [2.05, 4.69) is 5.32 Å². The standard InChI is InChI=1S/C11H13NO3/c1-14-7-11(8-15-10(13)12-11)9-5-3-2-4-6-9/h2-6H,7-8H2,1H3,(H,12,13). The molecule has 0 aromatic heterocycles. The second-order valence-corrected chi connectivity index (χ2v) is 3.58. The van der Waals surface area contributed by atoms with Gasteiger partial charge in [-0.15, -0.1) is 0 Å².